The van der Waals surface area contributed by atoms with Crippen LogP contribution in [0.25, 0.3) is 0 Å². The Kier molecular flexibility index (Phi) is 15.3. The fourth-order valence-electron chi connectivity index (χ4n) is 2.75. The third-order valence-corrected chi connectivity index (χ3v) is 4.38. The van der Waals surface area contributed by atoms with Crippen LogP contribution in [0.5, 0.6) is 0 Å². The van der Waals surface area contributed by atoms with Gasteiger partial charge in [-0.3, -0.25) is 0 Å². The summed E-state index contributed by atoms with van der Waals surface area (Å²) in [5.41, 5.74) is 1.17. The Hall–Kier alpha value is -2.35. The van der Waals surface area contributed by atoms with Gasteiger partial charge in [0.1, 0.15) is 0 Å². The molecule has 0 N–H and O–H groups in total. The molecule has 0 aliphatic rings. The molecular weight excluding hydrogens is 344 g/mol. The lowest BCUT2D eigenvalue weighted by Gasteiger charge is -2.01. The van der Waals surface area contributed by atoms with Crippen molar-refractivity contribution < 1.29 is 9.53 Å². The predicted molar refractivity (Wildman–Crippen MR) is 120 cm³/mol. The summed E-state index contributed by atoms with van der Waals surface area (Å²) in [6.07, 6.45) is 26.5. The monoisotopic (exact) mass is 380 g/mol. The lowest BCUT2D eigenvalue weighted by Crippen LogP contribution is -2.04. The molecule has 0 amide bonds. The number of unbranched alkanes of at least 4 members (excludes halogenated alkanes) is 7. The predicted octanol–water partition coefficient (Wildman–Crippen LogP) is 7.14. The van der Waals surface area contributed by atoms with Gasteiger partial charge in [0.05, 0.1) is 6.61 Å². The minimum atomic E-state index is -0.306. The number of benzene rings is 1. The first-order valence-electron chi connectivity index (χ1n) is 10.7. The molecule has 1 aromatic rings. The van der Waals surface area contributed by atoms with Gasteiger partial charge in [-0.05, 0) is 18.4 Å². The normalized spacial score (nSPS) is 12.0. The van der Waals surface area contributed by atoms with Gasteiger partial charge in [-0.2, -0.15) is 0 Å². The van der Waals surface area contributed by atoms with Crippen LogP contribution in [0.2, 0.25) is 0 Å². The van der Waals surface area contributed by atoms with Crippen LogP contribution in [0.1, 0.15) is 63.9 Å². The standard InChI is InChI=1S/C26H36O2/c1-2-3-4-5-6-7-8-9-10-11-12-13-14-15-19-22-26(27)28-24-23-25-20-17-16-18-21-25/h10-22H,2-9,23-24H2,1H3. The third kappa shape index (κ3) is 14.8. The zero-order valence-corrected chi connectivity index (χ0v) is 17.4. The summed E-state index contributed by atoms with van der Waals surface area (Å²) < 4.78 is 5.18. The fourth-order valence-corrected chi connectivity index (χ4v) is 2.75. The second-order valence-electron chi connectivity index (χ2n) is 6.87. The molecule has 1 aromatic carbocycles. The largest absolute Gasteiger partial charge is 0.462 e. The van der Waals surface area contributed by atoms with Crippen molar-refractivity contribution in [3.63, 3.8) is 0 Å². The Labute approximate surface area is 171 Å². The summed E-state index contributed by atoms with van der Waals surface area (Å²) >= 11 is 0. The van der Waals surface area contributed by atoms with Crippen molar-refractivity contribution in [1.29, 1.82) is 0 Å². The average Bonchev–Trinajstić information content (AvgIpc) is 2.71. The molecule has 2 nitrogen and oxygen atoms in total. The summed E-state index contributed by atoms with van der Waals surface area (Å²) in [4.78, 5) is 11.6. The van der Waals surface area contributed by atoms with E-state index in [2.05, 4.69) is 19.1 Å². The van der Waals surface area contributed by atoms with Crippen LogP contribution >= 0.6 is 0 Å². The Bertz CT molecular complexity index is 609. The van der Waals surface area contributed by atoms with Gasteiger partial charge in [0.15, 0.2) is 0 Å². The highest BCUT2D eigenvalue weighted by Crippen LogP contribution is 2.08. The first kappa shape index (κ1) is 23.7. The lowest BCUT2D eigenvalue weighted by molar-refractivity contribution is -0.137. The van der Waals surface area contributed by atoms with Gasteiger partial charge in [-0.25, -0.2) is 4.79 Å². The van der Waals surface area contributed by atoms with Gasteiger partial charge in [0.2, 0.25) is 0 Å². The number of esters is 1. The van der Waals surface area contributed by atoms with Crippen LogP contribution in [0.15, 0.2) is 78.9 Å². The lowest BCUT2D eigenvalue weighted by atomic mass is 10.1. The highest BCUT2D eigenvalue weighted by atomic mass is 16.5. The van der Waals surface area contributed by atoms with Gasteiger partial charge < -0.3 is 4.74 Å². The van der Waals surface area contributed by atoms with Crippen molar-refractivity contribution in [3.8, 4) is 0 Å². The molecule has 0 heterocycles. The number of hydrogen-bond acceptors (Lipinski definition) is 2. The van der Waals surface area contributed by atoms with Crippen molar-refractivity contribution in [2.75, 3.05) is 6.61 Å². The van der Waals surface area contributed by atoms with Crippen LogP contribution in [0, 0.1) is 0 Å². The summed E-state index contributed by atoms with van der Waals surface area (Å²) in [5.74, 6) is -0.306. The van der Waals surface area contributed by atoms with Crippen LogP contribution in [0.3, 0.4) is 0 Å². The molecule has 0 aromatic heterocycles. The van der Waals surface area contributed by atoms with Crippen molar-refractivity contribution in [1.82, 2.24) is 0 Å². The molecule has 0 fully saturated rings. The number of hydrogen-bond donors (Lipinski definition) is 0. The maximum Gasteiger partial charge on any atom is 0.330 e. The van der Waals surface area contributed by atoms with Gasteiger partial charge in [-0.1, -0.05) is 118 Å². The molecule has 28 heavy (non-hydrogen) atoms. The van der Waals surface area contributed by atoms with E-state index in [4.69, 9.17) is 4.74 Å². The fraction of sp³-hybridized carbons (Fsp3) is 0.423. The van der Waals surface area contributed by atoms with E-state index in [0.29, 0.717) is 6.61 Å². The second-order valence-corrected chi connectivity index (χ2v) is 6.87. The zero-order chi connectivity index (χ0) is 20.1. The Balaban J connectivity index is 2.01. The van der Waals surface area contributed by atoms with E-state index in [9.17, 15) is 4.79 Å². The summed E-state index contributed by atoms with van der Waals surface area (Å²) in [6, 6.07) is 10.0. The molecule has 0 saturated carbocycles. The van der Waals surface area contributed by atoms with Crippen molar-refractivity contribution >= 4 is 5.97 Å². The number of ether oxygens (including phenoxy) is 1. The van der Waals surface area contributed by atoms with E-state index in [0.717, 1.165) is 12.8 Å². The molecule has 0 saturated heterocycles. The molecule has 0 spiro atoms. The van der Waals surface area contributed by atoms with E-state index < -0.39 is 0 Å². The average molecular weight is 381 g/mol. The second kappa shape index (κ2) is 18.0. The van der Waals surface area contributed by atoms with E-state index in [-0.39, 0.29) is 5.97 Å². The Morgan fingerprint density at radius 3 is 2.21 bits per heavy atom. The third-order valence-electron chi connectivity index (χ3n) is 4.38. The molecular formula is C26H36O2. The first-order chi connectivity index (χ1) is 13.8. The Morgan fingerprint density at radius 2 is 1.46 bits per heavy atom. The molecule has 0 unspecified atom stereocenters. The van der Waals surface area contributed by atoms with Crippen molar-refractivity contribution in [2.45, 2.75) is 64.7 Å². The van der Waals surface area contributed by atoms with Crippen LogP contribution < -0.4 is 0 Å². The minimum Gasteiger partial charge on any atom is -0.462 e. The van der Waals surface area contributed by atoms with E-state index in [1.165, 1.54) is 56.6 Å². The molecule has 0 bridgehead atoms. The molecule has 1 rings (SSSR count). The first-order valence-corrected chi connectivity index (χ1v) is 10.7. The molecule has 0 aliphatic carbocycles. The van der Waals surface area contributed by atoms with Crippen LogP contribution in [0.4, 0.5) is 0 Å². The van der Waals surface area contributed by atoms with E-state index in [1.807, 2.05) is 54.6 Å². The summed E-state index contributed by atoms with van der Waals surface area (Å²) in [6.45, 7) is 2.66. The maximum atomic E-state index is 11.6. The maximum absolute atomic E-state index is 11.6. The molecule has 0 atom stereocenters. The number of rotatable bonds is 15. The van der Waals surface area contributed by atoms with E-state index in [1.54, 1.807) is 6.08 Å². The van der Waals surface area contributed by atoms with Gasteiger partial charge >= 0.3 is 5.97 Å². The number of carbonyl (C=O) groups is 1. The number of carbonyl (C=O) groups excluding carboxylic acids is 1. The Morgan fingerprint density at radius 1 is 0.821 bits per heavy atom. The van der Waals surface area contributed by atoms with Gasteiger partial charge in [0, 0.05) is 12.5 Å². The minimum absolute atomic E-state index is 0.306. The van der Waals surface area contributed by atoms with E-state index >= 15 is 0 Å². The van der Waals surface area contributed by atoms with Gasteiger partial charge in [-0.15, -0.1) is 0 Å². The van der Waals surface area contributed by atoms with Crippen LogP contribution in [-0.2, 0) is 16.0 Å². The molecule has 0 radical (unpaired) electrons. The zero-order valence-electron chi connectivity index (χ0n) is 17.4. The smallest absolute Gasteiger partial charge is 0.330 e. The quantitative estimate of drug-likeness (QED) is 0.140. The number of allylic oxidation sites excluding steroid dienone is 7. The topological polar surface area (TPSA) is 26.3 Å². The summed E-state index contributed by atoms with van der Waals surface area (Å²) in [7, 11) is 0. The molecule has 0 aliphatic heterocycles. The van der Waals surface area contributed by atoms with Crippen LogP contribution in [-0.4, -0.2) is 12.6 Å². The van der Waals surface area contributed by atoms with Crippen molar-refractivity contribution in [3.05, 3.63) is 84.5 Å². The highest BCUT2D eigenvalue weighted by Gasteiger charge is 1.96. The molecule has 152 valence electrons. The van der Waals surface area contributed by atoms with Gasteiger partial charge in [0.25, 0.3) is 0 Å². The summed E-state index contributed by atoms with van der Waals surface area (Å²) in [5, 5.41) is 0. The highest BCUT2D eigenvalue weighted by molar-refractivity contribution is 5.82. The van der Waals surface area contributed by atoms with Crippen molar-refractivity contribution in [2.24, 2.45) is 0 Å². The SMILES string of the molecule is CCCCCCCCCC=CC=CC=CC=CC(=O)OCCc1ccccc1. The molecule has 2 heteroatoms.